The van der Waals surface area contributed by atoms with Crippen LogP contribution in [-0.2, 0) is 0 Å². The van der Waals surface area contributed by atoms with Crippen molar-refractivity contribution in [3.63, 3.8) is 0 Å². The van der Waals surface area contributed by atoms with Crippen LogP contribution in [0.3, 0.4) is 0 Å². The molecule has 6 nitrogen and oxygen atoms in total. The van der Waals surface area contributed by atoms with Gasteiger partial charge in [0.2, 0.25) is 0 Å². The van der Waals surface area contributed by atoms with Gasteiger partial charge in [0.1, 0.15) is 11.5 Å². The largest absolute Gasteiger partial charge is 0.497 e. The smallest absolute Gasteiger partial charge is 0.172 e. The molecular weight excluding hydrogens is 412 g/mol. The lowest BCUT2D eigenvalue weighted by molar-refractivity contribution is 0.414. The van der Waals surface area contributed by atoms with E-state index in [1.807, 2.05) is 83.9 Å². The lowest BCUT2D eigenvalue weighted by Gasteiger charge is -2.22. The molecule has 0 saturated carbocycles. The molecule has 1 aromatic heterocycles. The third kappa shape index (κ3) is 4.28. The zero-order valence-electron chi connectivity index (χ0n) is 18.6. The molecule has 1 aliphatic heterocycles. The third-order valence-corrected chi connectivity index (χ3v) is 5.79. The van der Waals surface area contributed by atoms with E-state index in [1.165, 1.54) is 0 Å². The molecule has 6 heteroatoms. The van der Waals surface area contributed by atoms with E-state index in [0.29, 0.717) is 5.82 Å². The molecule has 0 fully saturated rings. The summed E-state index contributed by atoms with van der Waals surface area (Å²) in [5.41, 5.74) is 5.06. The second-order valence-electron chi connectivity index (χ2n) is 7.76. The Kier molecular flexibility index (Phi) is 5.72. The number of hydrogen-bond acceptors (Lipinski definition) is 6. The van der Waals surface area contributed by atoms with Crippen molar-refractivity contribution >= 4 is 11.5 Å². The van der Waals surface area contributed by atoms with Gasteiger partial charge in [-0.3, -0.25) is 0 Å². The maximum Gasteiger partial charge on any atom is 0.172 e. The molecule has 1 atom stereocenters. The molecule has 3 aromatic carbocycles. The Balaban J connectivity index is 1.50. The van der Waals surface area contributed by atoms with Crippen LogP contribution in [0.25, 0.3) is 11.3 Å². The van der Waals surface area contributed by atoms with Crippen LogP contribution in [-0.4, -0.2) is 30.1 Å². The minimum atomic E-state index is 0.00452. The fraction of sp³-hybridized carbons (Fsp3) is 0.148. The maximum atomic E-state index is 5.33. The van der Waals surface area contributed by atoms with Crippen molar-refractivity contribution in [3.8, 4) is 22.8 Å². The van der Waals surface area contributed by atoms with Gasteiger partial charge in [-0.1, -0.05) is 42.5 Å². The lowest BCUT2D eigenvalue weighted by atomic mass is 9.98. The highest BCUT2D eigenvalue weighted by Gasteiger charge is 2.31. The Morgan fingerprint density at radius 1 is 0.697 bits per heavy atom. The molecule has 2 heterocycles. The minimum absolute atomic E-state index is 0.00452. The van der Waals surface area contributed by atoms with Gasteiger partial charge >= 0.3 is 0 Å². The Bertz CT molecular complexity index is 1240. The van der Waals surface area contributed by atoms with E-state index in [4.69, 9.17) is 14.6 Å². The fourth-order valence-electron chi connectivity index (χ4n) is 3.98. The van der Waals surface area contributed by atoms with Crippen molar-refractivity contribution in [2.45, 2.75) is 12.5 Å². The van der Waals surface area contributed by atoms with Crippen molar-refractivity contribution in [1.82, 2.24) is 10.2 Å². The first kappa shape index (κ1) is 20.7. The first-order valence-corrected chi connectivity index (χ1v) is 10.8. The van der Waals surface area contributed by atoms with Crippen LogP contribution in [0.15, 0.2) is 96.1 Å². The summed E-state index contributed by atoms with van der Waals surface area (Å²) in [6.07, 6.45) is 0.751. The van der Waals surface area contributed by atoms with Gasteiger partial charge in [0, 0.05) is 12.0 Å². The quantitative estimate of drug-likeness (QED) is 0.398. The van der Waals surface area contributed by atoms with Crippen LogP contribution in [0.1, 0.15) is 23.6 Å². The highest BCUT2D eigenvalue weighted by atomic mass is 16.5. The Labute approximate surface area is 193 Å². The zero-order valence-corrected chi connectivity index (χ0v) is 18.6. The van der Waals surface area contributed by atoms with Crippen LogP contribution in [0.5, 0.6) is 11.5 Å². The van der Waals surface area contributed by atoms with E-state index in [1.54, 1.807) is 14.2 Å². The average Bonchev–Trinajstić information content (AvgIpc) is 3.35. The summed E-state index contributed by atoms with van der Waals surface area (Å²) in [6, 6.07) is 30.1. The lowest BCUT2D eigenvalue weighted by Crippen LogP contribution is -2.20. The van der Waals surface area contributed by atoms with Gasteiger partial charge in [0.05, 0.1) is 31.7 Å². The monoisotopic (exact) mass is 436 g/mol. The summed E-state index contributed by atoms with van der Waals surface area (Å²) in [6.45, 7) is 0. The summed E-state index contributed by atoms with van der Waals surface area (Å²) in [7, 11) is 3.34. The van der Waals surface area contributed by atoms with Gasteiger partial charge in [0.15, 0.2) is 5.82 Å². The number of hydrogen-bond donors (Lipinski definition) is 0. The summed E-state index contributed by atoms with van der Waals surface area (Å²) in [4.78, 5) is 0. The van der Waals surface area contributed by atoms with Gasteiger partial charge in [0.25, 0.3) is 0 Å². The highest BCUT2D eigenvalue weighted by molar-refractivity contribution is 6.03. The van der Waals surface area contributed by atoms with Gasteiger partial charge in [-0.25, -0.2) is 5.01 Å². The van der Waals surface area contributed by atoms with Crippen molar-refractivity contribution in [1.29, 1.82) is 0 Å². The molecule has 0 aliphatic carbocycles. The van der Waals surface area contributed by atoms with Crippen molar-refractivity contribution in [2.24, 2.45) is 5.10 Å². The number of anilines is 1. The molecule has 33 heavy (non-hydrogen) atoms. The van der Waals surface area contributed by atoms with Gasteiger partial charge in [-0.05, 0) is 59.7 Å². The minimum Gasteiger partial charge on any atom is -0.497 e. The Hall–Kier alpha value is -4.19. The molecule has 0 N–H and O–H groups in total. The standard InChI is InChI=1S/C27H24N4O2/c1-32-22-12-8-20(9-13-22)25-18-26(21-10-14-23(33-2)15-11-21)31(30-25)27-17-16-24(28-29-27)19-6-4-3-5-7-19/h3-17,26H,18H2,1-2H3. The number of nitrogens with zero attached hydrogens (tertiary/aromatic N) is 4. The van der Waals surface area contributed by atoms with E-state index in [2.05, 4.69) is 22.3 Å². The molecule has 4 aromatic rings. The molecule has 0 amide bonds. The average molecular weight is 437 g/mol. The zero-order chi connectivity index (χ0) is 22.6. The summed E-state index contributed by atoms with van der Waals surface area (Å²) < 4.78 is 10.6. The third-order valence-electron chi connectivity index (χ3n) is 5.79. The van der Waals surface area contributed by atoms with Crippen LogP contribution >= 0.6 is 0 Å². The van der Waals surface area contributed by atoms with E-state index >= 15 is 0 Å². The van der Waals surface area contributed by atoms with Gasteiger partial charge < -0.3 is 9.47 Å². The first-order valence-electron chi connectivity index (χ1n) is 10.8. The predicted molar refractivity (Wildman–Crippen MR) is 130 cm³/mol. The Morgan fingerprint density at radius 2 is 1.36 bits per heavy atom. The summed E-state index contributed by atoms with van der Waals surface area (Å²) in [5.74, 6) is 2.36. The molecule has 5 rings (SSSR count). The normalized spacial score (nSPS) is 15.3. The van der Waals surface area contributed by atoms with Crippen LogP contribution in [0.2, 0.25) is 0 Å². The van der Waals surface area contributed by atoms with E-state index in [-0.39, 0.29) is 6.04 Å². The number of rotatable bonds is 6. The number of ether oxygens (including phenoxy) is 2. The number of methoxy groups -OCH3 is 2. The van der Waals surface area contributed by atoms with Crippen molar-refractivity contribution < 1.29 is 9.47 Å². The van der Waals surface area contributed by atoms with Crippen LogP contribution in [0, 0.1) is 0 Å². The molecule has 164 valence electrons. The summed E-state index contributed by atoms with van der Waals surface area (Å²) >= 11 is 0. The van der Waals surface area contributed by atoms with Gasteiger partial charge in [-0.15, -0.1) is 10.2 Å². The molecule has 0 spiro atoms. The molecule has 0 bridgehead atoms. The van der Waals surface area contributed by atoms with Crippen molar-refractivity contribution in [2.75, 3.05) is 19.2 Å². The second kappa shape index (κ2) is 9.12. The van der Waals surface area contributed by atoms with E-state index in [9.17, 15) is 0 Å². The molecule has 0 saturated heterocycles. The molecule has 0 radical (unpaired) electrons. The molecular formula is C27H24N4O2. The number of aromatic nitrogens is 2. The number of hydrazone groups is 1. The van der Waals surface area contributed by atoms with Crippen LogP contribution < -0.4 is 14.5 Å². The summed E-state index contributed by atoms with van der Waals surface area (Å²) in [5, 5.41) is 15.9. The van der Waals surface area contributed by atoms with Gasteiger partial charge in [-0.2, -0.15) is 5.10 Å². The topological polar surface area (TPSA) is 59.8 Å². The fourth-order valence-corrected chi connectivity index (χ4v) is 3.98. The second-order valence-corrected chi connectivity index (χ2v) is 7.76. The maximum absolute atomic E-state index is 5.33. The molecule has 1 unspecified atom stereocenters. The number of benzene rings is 3. The predicted octanol–water partition coefficient (Wildman–Crippen LogP) is 5.52. The SMILES string of the molecule is COc1ccc(C2=NN(c3ccc(-c4ccccc4)nn3)C(c3ccc(OC)cc3)C2)cc1. The molecule has 1 aliphatic rings. The Morgan fingerprint density at radius 3 is 1.97 bits per heavy atom. The van der Waals surface area contributed by atoms with E-state index < -0.39 is 0 Å². The first-order chi connectivity index (χ1) is 16.2. The van der Waals surface area contributed by atoms with E-state index in [0.717, 1.165) is 46.0 Å². The van der Waals surface area contributed by atoms with Crippen molar-refractivity contribution in [3.05, 3.63) is 102 Å². The van der Waals surface area contributed by atoms with Crippen LogP contribution in [0.4, 0.5) is 5.82 Å². The highest BCUT2D eigenvalue weighted by Crippen LogP contribution is 2.36.